The number of hydrogen-bond donors (Lipinski definition) is 3. The Labute approximate surface area is 146 Å². The van der Waals surface area contributed by atoms with Crippen molar-refractivity contribution in [1.82, 2.24) is 10.9 Å². The van der Waals surface area contributed by atoms with Gasteiger partial charge in [0.1, 0.15) is 0 Å². The van der Waals surface area contributed by atoms with E-state index in [1.807, 2.05) is 51.3 Å². The summed E-state index contributed by atoms with van der Waals surface area (Å²) in [5.41, 5.74) is 10.4. The maximum atomic E-state index is 12.3. The number of thiophene rings is 1. The molecule has 0 bridgehead atoms. The molecule has 1 heterocycles. The van der Waals surface area contributed by atoms with Crippen LogP contribution >= 0.6 is 23.6 Å². The normalized spacial score (nSPS) is 10.3. The van der Waals surface area contributed by atoms with Gasteiger partial charge in [0.2, 0.25) is 0 Å². The maximum Gasteiger partial charge on any atom is 0.270 e. The molecule has 23 heavy (non-hydrogen) atoms. The van der Waals surface area contributed by atoms with E-state index in [4.69, 9.17) is 12.2 Å². The van der Waals surface area contributed by atoms with Crippen molar-refractivity contribution < 1.29 is 4.79 Å². The predicted octanol–water partition coefficient (Wildman–Crippen LogP) is 3.87. The van der Waals surface area contributed by atoms with Crippen molar-refractivity contribution in [3.05, 3.63) is 50.7 Å². The summed E-state index contributed by atoms with van der Waals surface area (Å²) in [5, 5.41) is 5.34. The van der Waals surface area contributed by atoms with Gasteiger partial charge in [0, 0.05) is 15.9 Å². The first kappa shape index (κ1) is 17.4. The lowest BCUT2D eigenvalue weighted by Gasteiger charge is -2.14. The molecule has 4 nitrogen and oxygen atoms in total. The molecule has 0 aliphatic rings. The Morgan fingerprint density at radius 2 is 1.96 bits per heavy atom. The summed E-state index contributed by atoms with van der Waals surface area (Å²) in [6.07, 6.45) is 0.837. The molecule has 3 N–H and O–H groups in total. The molecule has 0 aliphatic carbocycles. The molecule has 2 aromatic rings. The molecule has 0 aliphatic heterocycles. The second-order valence-electron chi connectivity index (χ2n) is 5.39. The molecule has 0 spiro atoms. The van der Waals surface area contributed by atoms with E-state index < -0.39 is 0 Å². The number of carbonyl (C=O) groups excluding carboxylic acids is 1. The molecular weight excluding hydrogens is 326 g/mol. The third-order valence-electron chi connectivity index (χ3n) is 3.63. The second-order valence-corrected chi connectivity index (χ2v) is 6.88. The lowest BCUT2D eigenvalue weighted by molar-refractivity contribution is 0.0943. The van der Waals surface area contributed by atoms with Crippen LogP contribution in [0.5, 0.6) is 0 Å². The quantitative estimate of drug-likeness (QED) is 0.583. The van der Waals surface area contributed by atoms with Gasteiger partial charge >= 0.3 is 0 Å². The van der Waals surface area contributed by atoms with E-state index in [0.29, 0.717) is 10.7 Å². The van der Waals surface area contributed by atoms with Gasteiger partial charge in [-0.15, -0.1) is 11.3 Å². The molecule has 1 aromatic heterocycles. The lowest BCUT2D eigenvalue weighted by atomic mass is 10.1. The average molecular weight is 348 g/mol. The number of aryl methyl sites for hydroxylation is 3. The molecule has 0 saturated carbocycles. The summed E-state index contributed by atoms with van der Waals surface area (Å²) in [5.74, 6) is -0.170. The number of thiocarbonyl (C=S) groups is 1. The van der Waals surface area contributed by atoms with Gasteiger partial charge in [0.05, 0.1) is 5.56 Å². The zero-order chi connectivity index (χ0) is 17.0. The van der Waals surface area contributed by atoms with Gasteiger partial charge in [-0.05, 0) is 62.2 Å². The highest BCUT2D eigenvalue weighted by Crippen LogP contribution is 2.22. The van der Waals surface area contributed by atoms with Crippen LogP contribution in [-0.2, 0) is 6.42 Å². The minimum atomic E-state index is -0.170. The van der Waals surface area contributed by atoms with Gasteiger partial charge in [-0.1, -0.05) is 19.1 Å². The van der Waals surface area contributed by atoms with Crippen LogP contribution in [0.1, 0.15) is 38.8 Å². The predicted molar refractivity (Wildman–Crippen MR) is 101 cm³/mol. The number of benzene rings is 1. The summed E-state index contributed by atoms with van der Waals surface area (Å²) in [6.45, 7) is 8.10. The number of hydrogen-bond acceptors (Lipinski definition) is 3. The fraction of sp³-hybridized carbons (Fsp3) is 0.294. The molecule has 0 unspecified atom stereocenters. The number of hydrazine groups is 1. The van der Waals surface area contributed by atoms with Crippen LogP contribution in [0.2, 0.25) is 0 Å². The first-order valence-electron chi connectivity index (χ1n) is 7.44. The molecule has 0 saturated heterocycles. The first-order valence-corrected chi connectivity index (χ1v) is 8.72. The molecule has 2 rings (SSSR count). The van der Waals surface area contributed by atoms with Crippen LogP contribution in [0, 0.1) is 20.8 Å². The Morgan fingerprint density at radius 3 is 2.65 bits per heavy atom. The molecule has 0 atom stereocenters. The number of carbonyl (C=O) groups is 1. The summed E-state index contributed by atoms with van der Waals surface area (Å²) in [4.78, 5) is 13.4. The fourth-order valence-corrected chi connectivity index (χ4v) is 3.42. The average Bonchev–Trinajstić information content (AvgIpc) is 2.89. The van der Waals surface area contributed by atoms with Gasteiger partial charge in [-0.2, -0.15) is 0 Å². The van der Waals surface area contributed by atoms with E-state index in [-0.39, 0.29) is 5.91 Å². The summed E-state index contributed by atoms with van der Waals surface area (Å²) in [6, 6.07) is 6.09. The molecule has 1 aromatic carbocycles. The van der Waals surface area contributed by atoms with Gasteiger partial charge in [-0.25, -0.2) is 0 Å². The van der Waals surface area contributed by atoms with Gasteiger partial charge < -0.3 is 5.32 Å². The van der Waals surface area contributed by atoms with Crippen LogP contribution in [0.3, 0.4) is 0 Å². The van der Waals surface area contributed by atoms with E-state index in [0.717, 1.165) is 28.8 Å². The van der Waals surface area contributed by atoms with Crippen LogP contribution in [-0.4, -0.2) is 11.0 Å². The van der Waals surface area contributed by atoms with Crippen molar-refractivity contribution in [2.24, 2.45) is 0 Å². The molecule has 122 valence electrons. The van der Waals surface area contributed by atoms with Crippen molar-refractivity contribution in [3.63, 3.8) is 0 Å². The Balaban J connectivity index is 1.96. The van der Waals surface area contributed by atoms with Crippen LogP contribution in [0.15, 0.2) is 23.6 Å². The van der Waals surface area contributed by atoms with Gasteiger partial charge in [0.15, 0.2) is 5.11 Å². The number of rotatable bonds is 3. The molecule has 0 fully saturated rings. The molecule has 1 amide bonds. The zero-order valence-electron chi connectivity index (χ0n) is 13.7. The van der Waals surface area contributed by atoms with Crippen molar-refractivity contribution in [2.75, 3.05) is 5.32 Å². The lowest BCUT2D eigenvalue weighted by Crippen LogP contribution is -2.44. The third kappa shape index (κ3) is 4.30. The number of amides is 1. The van der Waals surface area contributed by atoms with Crippen LogP contribution in [0.4, 0.5) is 5.69 Å². The van der Waals surface area contributed by atoms with E-state index in [9.17, 15) is 4.79 Å². The topological polar surface area (TPSA) is 53.2 Å². The van der Waals surface area contributed by atoms with Crippen molar-refractivity contribution in [2.45, 2.75) is 34.1 Å². The Kier molecular flexibility index (Phi) is 5.74. The smallest absolute Gasteiger partial charge is 0.270 e. The standard InChI is InChI=1S/C17H21N3OS2/c1-5-13-12(4)23-9-14(13)16(21)19-20-17(22)18-15-8-10(2)6-7-11(15)3/h6-9H,5H2,1-4H3,(H,19,21)(H2,18,20,22). The summed E-state index contributed by atoms with van der Waals surface area (Å²) < 4.78 is 0. The van der Waals surface area contributed by atoms with E-state index in [1.54, 1.807) is 11.3 Å². The van der Waals surface area contributed by atoms with Crippen molar-refractivity contribution >= 4 is 40.3 Å². The fourth-order valence-electron chi connectivity index (χ4n) is 2.31. The Morgan fingerprint density at radius 1 is 1.22 bits per heavy atom. The van der Waals surface area contributed by atoms with Crippen LogP contribution in [0.25, 0.3) is 0 Å². The largest absolute Gasteiger partial charge is 0.331 e. The van der Waals surface area contributed by atoms with E-state index in [1.165, 1.54) is 4.88 Å². The second kappa shape index (κ2) is 7.57. The number of anilines is 1. The number of nitrogens with one attached hydrogen (secondary N) is 3. The molecular formula is C17H21N3OS2. The highest BCUT2D eigenvalue weighted by molar-refractivity contribution is 7.80. The van der Waals surface area contributed by atoms with Gasteiger partial charge in [0.25, 0.3) is 5.91 Å². The minimum absolute atomic E-state index is 0.170. The van der Waals surface area contributed by atoms with Crippen LogP contribution < -0.4 is 16.2 Å². The molecule has 6 heteroatoms. The van der Waals surface area contributed by atoms with Crippen molar-refractivity contribution in [1.29, 1.82) is 0 Å². The Hall–Kier alpha value is -1.92. The minimum Gasteiger partial charge on any atom is -0.331 e. The monoisotopic (exact) mass is 347 g/mol. The SMILES string of the molecule is CCc1c(C(=O)NNC(=S)Nc2cc(C)ccc2C)csc1C. The summed E-state index contributed by atoms with van der Waals surface area (Å²) in [7, 11) is 0. The summed E-state index contributed by atoms with van der Waals surface area (Å²) >= 11 is 6.83. The highest BCUT2D eigenvalue weighted by atomic mass is 32.1. The van der Waals surface area contributed by atoms with Crippen molar-refractivity contribution in [3.8, 4) is 0 Å². The molecule has 0 radical (unpaired) electrons. The third-order valence-corrected chi connectivity index (χ3v) is 4.79. The van der Waals surface area contributed by atoms with E-state index in [2.05, 4.69) is 16.2 Å². The van der Waals surface area contributed by atoms with Gasteiger partial charge in [-0.3, -0.25) is 15.6 Å². The first-order chi connectivity index (χ1) is 10.9. The maximum absolute atomic E-state index is 12.3. The highest BCUT2D eigenvalue weighted by Gasteiger charge is 2.14. The Bertz CT molecular complexity index is 737. The van der Waals surface area contributed by atoms with E-state index >= 15 is 0 Å². The zero-order valence-corrected chi connectivity index (χ0v) is 15.4.